The molecule has 2 rings (SSSR count). The number of nitrogens with zero attached hydrogens (tertiary/aromatic N) is 3. The first kappa shape index (κ1) is 12.0. The summed E-state index contributed by atoms with van der Waals surface area (Å²) >= 11 is 3.27. The van der Waals surface area contributed by atoms with Crippen molar-refractivity contribution in [1.29, 1.82) is 0 Å². The summed E-state index contributed by atoms with van der Waals surface area (Å²) in [4.78, 5) is 11.9. The fourth-order valence-corrected chi connectivity index (χ4v) is 1.69. The molecule has 2 aromatic heterocycles. The standard InChI is InChI=1S/C12H12BrN3O/c13-11-8-12(16-9-15-11)17-7-1-2-10-3-5-14-6-4-10/h3-6,8-9H,1-2,7H2. The summed E-state index contributed by atoms with van der Waals surface area (Å²) < 4.78 is 6.24. The third kappa shape index (κ3) is 4.11. The second-order valence-corrected chi connectivity index (χ2v) is 4.30. The van der Waals surface area contributed by atoms with E-state index in [1.807, 2.05) is 12.1 Å². The van der Waals surface area contributed by atoms with Gasteiger partial charge in [0.05, 0.1) is 6.61 Å². The van der Waals surface area contributed by atoms with Gasteiger partial charge in [-0.2, -0.15) is 0 Å². The minimum absolute atomic E-state index is 0.599. The Kier molecular flexibility index (Phi) is 4.44. The van der Waals surface area contributed by atoms with Gasteiger partial charge in [0, 0.05) is 18.5 Å². The maximum Gasteiger partial charge on any atom is 0.217 e. The normalized spacial score (nSPS) is 10.2. The third-order valence-corrected chi connectivity index (χ3v) is 2.65. The number of hydrogen-bond donors (Lipinski definition) is 0. The average molecular weight is 294 g/mol. The molecule has 0 N–H and O–H groups in total. The van der Waals surface area contributed by atoms with E-state index < -0.39 is 0 Å². The number of aryl methyl sites for hydroxylation is 1. The van der Waals surface area contributed by atoms with E-state index in [1.54, 1.807) is 18.5 Å². The molecule has 0 aliphatic heterocycles. The maximum atomic E-state index is 5.51. The quantitative estimate of drug-likeness (QED) is 0.628. The van der Waals surface area contributed by atoms with Gasteiger partial charge in [-0.25, -0.2) is 9.97 Å². The minimum atomic E-state index is 0.599. The molecular formula is C12H12BrN3O. The highest BCUT2D eigenvalue weighted by atomic mass is 79.9. The summed E-state index contributed by atoms with van der Waals surface area (Å²) in [5.74, 6) is 0.599. The van der Waals surface area contributed by atoms with Gasteiger partial charge in [0.15, 0.2) is 0 Å². The van der Waals surface area contributed by atoms with E-state index in [2.05, 4.69) is 30.9 Å². The van der Waals surface area contributed by atoms with Gasteiger partial charge in [-0.15, -0.1) is 0 Å². The van der Waals surface area contributed by atoms with E-state index >= 15 is 0 Å². The van der Waals surface area contributed by atoms with Gasteiger partial charge >= 0.3 is 0 Å². The molecule has 17 heavy (non-hydrogen) atoms. The number of hydrogen-bond acceptors (Lipinski definition) is 4. The molecule has 0 radical (unpaired) electrons. The van der Waals surface area contributed by atoms with Crippen LogP contribution in [0, 0.1) is 0 Å². The molecule has 2 heterocycles. The van der Waals surface area contributed by atoms with E-state index in [0.29, 0.717) is 12.5 Å². The van der Waals surface area contributed by atoms with Gasteiger partial charge < -0.3 is 4.74 Å². The van der Waals surface area contributed by atoms with Gasteiger partial charge in [-0.05, 0) is 46.5 Å². The molecule has 0 bridgehead atoms. The van der Waals surface area contributed by atoms with Crippen LogP contribution in [0.2, 0.25) is 0 Å². The Balaban J connectivity index is 1.73. The lowest BCUT2D eigenvalue weighted by molar-refractivity contribution is 0.298. The van der Waals surface area contributed by atoms with Crippen molar-refractivity contribution >= 4 is 15.9 Å². The lowest BCUT2D eigenvalue weighted by Gasteiger charge is -2.04. The molecule has 0 amide bonds. The van der Waals surface area contributed by atoms with Crippen LogP contribution in [-0.2, 0) is 6.42 Å². The molecule has 2 aromatic rings. The molecule has 4 nitrogen and oxygen atoms in total. The molecule has 0 saturated heterocycles. The van der Waals surface area contributed by atoms with Crippen molar-refractivity contribution < 1.29 is 4.74 Å². The number of halogens is 1. The van der Waals surface area contributed by atoms with Gasteiger partial charge in [-0.1, -0.05) is 0 Å². The van der Waals surface area contributed by atoms with E-state index in [0.717, 1.165) is 17.4 Å². The highest BCUT2D eigenvalue weighted by Crippen LogP contribution is 2.12. The predicted octanol–water partition coefficient (Wildman–Crippen LogP) is 2.65. The molecule has 0 aliphatic carbocycles. The van der Waals surface area contributed by atoms with E-state index in [-0.39, 0.29) is 0 Å². The first-order valence-corrected chi connectivity index (χ1v) is 6.13. The van der Waals surface area contributed by atoms with Gasteiger partial charge in [-0.3, -0.25) is 4.98 Å². The number of rotatable bonds is 5. The first-order valence-electron chi connectivity index (χ1n) is 5.34. The van der Waals surface area contributed by atoms with Crippen LogP contribution in [0.1, 0.15) is 12.0 Å². The summed E-state index contributed by atoms with van der Waals surface area (Å²) in [6, 6.07) is 5.79. The summed E-state index contributed by atoms with van der Waals surface area (Å²) in [6.07, 6.45) is 7.01. The van der Waals surface area contributed by atoms with E-state index in [4.69, 9.17) is 4.74 Å². The van der Waals surface area contributed by atoms with Crippen LogP contribution in [0.3, 0.4) is 0 Å². The lowest BCUT2D eigenvalue weighted by Crippen LogP contribution is -2.01. The van der Waals surface area contributed by atoms with Crippen molar-refractivity contribution in [2.45, 2.75) is 12.8 Å². The molecule has 88 valence electrons. The lowest BCUT2D eigenvalue weighted by atomic mass is 10.1. The van der Waals surface area contributed by atoms with Crippen molar-refractivity contribution in [3.63, 3.8) is 0 Å². The summed E-state index contributed by atoms with van der Waals surface area (Å²) in [5.41, 5.74) is 1.27. The highest BCUT2D eigenvalue weighted by Gasteiger charge is 1.97. The van der Waals surface area contributed by atoms with Crippen molar-refractivity contribution in [3.8, 4) is 5.88 Å². The smallest absolute Gasteiger partial charge is 0.217 e. The maximum absolute atomic E-state index is 5.51. The summed E-state index contributed by atoms with van der Waals surface area (Å²) in [6.45, 7) is 0.645. The van der Waals surface area contributed by atoms with Crippen LogP contribution >= 0.6 is 15.9 Å². The monoisotopic (exact) mass is 293 g/mol. The Hall–Kier alpha value is -1.49. The van der Waals surface area contributed by atoms with E-state index in [9.17, 15) is 0 Å². The van der Waals surface area contributed by atoms with Crippen LogP contribution in [-0.4, -0.2) is 21.6 Å². The molecule has 5 heteroatoms. The number of aromatic nitrogens is 3. The van der Waals surface area contributed by atoms with Crippen molar-refractivity contribution in [2.24, 2.45) is 0 Å². The number of ether oxygens (including phenoxy) is 1. The van der Waals surface area contributed by atoms with E-state index in [1.165, 1.54) is 11.9 Å². The zero-order valence-corrected chi connectivity index (χ0v) is 10.8. The second kappa shape index (κ2) is 6.30. The third-order valence-electron chi connectivity index (χ3n) is 2.22. The summed E-state index contributed by atoms with van der Waals surface area (Å²) in [5, 5.41) is 0. The molecule has 0 unspecified atom stereocenters. The Morgan fingerprint density at radius 1 is 1.18 bits per heavy atom. The fraction of sp³-hybridized carbons (Fsp3) is 0.250. The molecule has 0 aliphatic rings. The Bertz CT molecular complexity index is 464. The van der Waals surface area contributed by atoms with Crippen LogP contribution in [0.25, 0.3) is 0 Å². The van der Waals surface area contributed by atoms with Gasteiger partial charge in [0.2, 0.25) is 5.88 Å². The first-order chi connectivity index (χ1) is 8.34. The zero-order chi connectivity index (χ0) is 11.9. The highest BCUT2D eigenvalue weighted by molar-refractivity contribution is 9.10. The Morgan fingerprint density at radius 3 is 2.76 bits per heavy atom. The van der Waals surface area contributed by atoms with Crippen LogP contribution < -0.4 is 4.74 Å². The fourth-order valence-electron chi connectivity index (χ4n) is 1.40. The zero-order valence-electron chi connectivity index (χ0n) is 9.21. The number of pyridine rings is 1. The largest absolute Gasteiger partial charge is 0.478 e. The Labute approximate surface area is 108 Å². The topological polar surface area (TPSA) is 47.9 Å². The SMILES string of the molecule is Brc1cc(OCCCc2ccncc2)ncn1. The van der Waals surface area contributed by atoms with Crippen molar-refractivity contribution in [1.82, 2.24) is 15.0 Å². The van der Waals surface area contributed by atoms with Crippen molar-refractivity contribution in [2.75, 3.05) is 6.61 Å². The predicted molar refractivity (Wildman–Crippen MR) is 67.8 cm³/mol. The van der Waals surface area contributed by atoms with Crippen LogP contribution in [0.15, 0.2) is 41.5 Å². The van der Waals surface area contributed by atoms with Crippen molar-refractivity contribution in [3.05, 3.63) is 47.1 Å². The molecular weight excluding hydrogens is 282 g/mol. The Morgan fingerprint density at radius 2 is 2.00 bits per heavy atom. The average Bonchev–Trinajstić information content (AvgIpc) is 2.36. The molecule has 0 aromatic carbocycles. The molecule has 0 fully saturated rings. The summed E-state index contributed by atoms with van der Waals surface area (Å²) in [7, 11) is 0. The second-order valence-electron chi connectivity index (χ2n) is 3.49. The van der Waals surface area contributed by atoms with Gasteiger partial charge in [0.1, 0.15) is 10.9 Å². The molecule has 0 atom stereocenters. The minimum Gasteiger partial charge on any atom is -0.478 e. The molecule has 0 spiro atoms. The van der Waals surface area contributed by atoms with Crippen LogP contribution in [0.4, 0.5) is 0 Å². The van der Waals surface area contributed by atoms with Gasteiger partial charge in [0.25, 0.3) is 0 Å². The molecule has 0 saturated carbocycles. The van der Waals surface area contributed by atoms with Crippen LogP contribution in [0.5, 0.6) is 5.88 Å².